The quantitative estimate of drug-likeness (QED) is 0.383. The fourth-order valence-electron chi connectivity index (χ4n) is 3.90. The van der Waals surface area contributed by atoms with E-state index in [1.807, 2.05) is 66.1 Å². The van der Waals surface area contributed by atoms with Crippen molar-refractivity contribution < 1.29 is 13.2 Å². The second-order valence-electron chi connectivity index (χ2n) is 8.00. The zero-order valence-corrected chi connectivity index (χ0v) is 20.0. The first kappa shape index (κ1) is 23.3. The molecule has 1 aliphatic rings. The Labute approximate surface area is 198 Å². The summed E-state index contributed by atoms with van der Waals surface area (Å²) in [5, 5.41) is 11.7. The van der Waals surface area contributed by atoms with Gasteiger partial charge in [-0.15, -0.1) is 16.8 Å². The van der Waals surface area contributed by atoms with Gasteiger partial charge in [-0.2, -0.15) is 0 Å². The maximum atomic E-state index is 13.0. The number of amides is 1. The predicted molar refractivity (Wildman–Crippen MR) is 132 cm³/mol. The first-order valence-corrected chi connectivity index (χ1v) is 13.4. The minimum atomic E-state index is -3.04. The lowest BCUT2D eigenvalue weighted by Gasteiger charge is -2.16. The van der Waals surface area contributed by atoms with E-state index in [4.69, 9.17) is 0 Å². The lowest BCUT2D eigenvalue weighted by atomic mass is 10.0. The molecule has 9 heteroatoms. The number of nitrogens with one attached hydrogen (secondary N) is 1. The topological polar surface area (TPSA) is 93.9 Å². The number of rotatable bonds is 8. The SMILES string of the molecule is C=CCn1c(S[C@H](C)C(=O)Nc2ccccc2-c2ccccc2)nnc1[C@H]1CCS(=O)(=O)C1. The average Bonchev–Trinajstić information content (AvgIpc) is 3.37. The minimum absolute atomic E-state index is 0.0826. The van der Waals surface area contributed by atoms with E-state index in [-0.39, 0.29) is 23.3 Å². The van der Waals surface area contributed by atoms with Gasteiger partial charge >= 0.3 is 0 Å². The highest BCUT2D eigenvalue weighted by atomic mass is 32.2. The molecule has 1 aliphatic heterocycles. The van der Waals surface area contributed by atoms with E-state index in [0.717, 1.165) is 16.8 Å². The number of thioether (sulfide) groups is 1. The molecule has 0 saturated carbocycles. The monoisotopic (exact) mass is 482 g/mol. The molecule has 0 unspecified atom stereocenters. The van der Waals surface area contributed by atoms with Crippen LogP contribution in [0.3, 0.4) is 0 Å². The number of carbonyl (C=O) groups is 1. The summed E-state index contributed by atoms with van der Waals surface area (Å²) in [6, 6.07) is 17.6. The molecule has 33 heavy (non-hydrogen) atoms. The van der Waals surface area contributed by atoms with Crippen LogP contribution in [0.15, 0.2) is 72.4 Å². The number of sulfone groups is 1. The second kappa shape index (κ2) is 9.93. The van der Waals surface area contributed by atoms with Crippen molar-refractivity contribution in [3.63, 3.8) is 0 Å². The minimum Gasteiger partial charge on any atom is -0.325 e. The maximum Gasteiger partial charge on any atom is 0.237 e. The van der Waals surface area contributed by atoms with Gasteiger partial charge in [0.05, 0.1) is 16.8 Å². The molecule has 1 saturated heterocycles. The third kappa shape index (κ3) is 5.36. The fourth-order valence-corrected chi connectivity index (χ4v) is 6.50. The van der Waals surface area contributed by atoms with Crippen LogP contribution in [-0.2, 0) is 21.2 Å². The summed E-state index contributed by atoms with van der Waals surface area (Å²) < 4.78 is 25.7. The van der Waals surface area contributed by atoms with E-state index in [2.05, 4.69) is 22.1 Å². The third-order valence-electron chi connectivity index (χ3n) is 5.58. The number of nitrogens with zero attached hydrogens (tertiary/aromatic N) is 3. The Morgan fingerprint density at radius 3 is 2.64 bits per heavy atom. The molecule has 4 rings (SSSR count). The van der Waals surface area contributed by atoms with Gasteiger partial charge in [-0.3, -0.25) is 4.79 Å². The van der Waals surface area contributed by atoms with E-state index in [1.165, 1.54) is 11.8 Å². The van der Waals surface area contributed by atoms with Crippen LogP contribution in [0.4, 0.5) is 5.69 Å². The van der Waals surface area contributed by atoms with E-state index in [0.29, 0.717) is 23.9 Å². The lowest BCUT2D eigenvalue weighted by Crippen LogP contribution is -2.23. The van der Waals surface area contributed by atoms with E-state index >= 15 is 0 Å². The first-order valence-electron chi connectivity index (χ1n) is 10.7. The van der Waals surface area contributed by atoms with Crippen molar-refractivity contribution in [2.45, 2.75) is 36.2 Å². The molecule has 0 bridgehead atoms. The van der Waals surface area contributed by atoms with E-state index in [9.17, 15) is 13.2 Å². The van der Waals surface area contributed by atoms with Crippen LogP contribution in [-0.4, -0.2) is 45.8 Å². The van der Waals surface area contributed by atoms with Gasteiger partial charge in [-0.1, -0.05) is 66.4 Å². The van der Waals surface area contributed by atoms with Crippen LogP contribution < -0.4 is 5.32 Å². The number of para-hydroxylation sites is 1. The van der Waals surface area contributed by atoms with Crippen LogP contribution in [0.1, 0.15) is 25.1 Å². The summed E-state index contributed by atoms with van der Waals surface area (Å²) in [6.45, 7) is 6.07. The summed E-state index contributed by atoms with van der Waals surface area (Å²) in [7, 11) is -3.04. The molecule has 2 aromatic carbocycles. The van der Waals surface area contributed by atoms with E-state index in [1.54, 1.807) is 6.08 Å². The lowest BCUT2D eigenvalue weighted by molar-refractivity contribution is -0.115. The number of allylic oxidation sites excluding steroid dienone is 1. The highest BCUT2D eigenvalue weighted by Crippen LogP contribution is 2.32. The van der Waals surface area contributed by atoms with Gasteiger partial charge in [-0.05, 0) is 25.0 Å². The Bertz CT molecular complexity index is 1260. The Morgan fingerprint density at radius 2 is 1.94 bits per heavy atom. The average molecular weight is 483 g/mol. The van der Waals surface area contributed by atoms with Gasteiger partial charge in [0.25, 0.3) is 0 Å². The molecule has 1 amide bonds. The summed E-state index contributed by atoms with van der Waals surface area (Å²) in [4.78, 5) is 13.0. The molecular weight excluding hydrogens is 456 g/mol. The molecule has 1 fully saturated rings. The molecule has 0 aliphatic carbocycles. The van der Waals surface area contributed by atoms with Crippen LogP contribution in [0.25, 0.3) is 11.1 Å². The number of benzene rings is 2. The van der Waals surface area contributed by atoms with E-state index < -0.39 is 15.1 Å². The Hall–Kier alpha value is -2.91. The summed E-state index contributed by atoms with van der Waals surface area (Å²) >= 11 is 1.30. The Kier molecular flexibility index (Phi) is 6.99. The molecule has 2 heterocycles. The van der Waals surface area contributed by atoms with Crippen LogP contribution >= 0.6 is 11.8 Å². The largest absolute Gasteiger partial charge is 0.325 e. The number of hydrogen-bond acceptors (Lipinski definition) is 6. The van der Waals surface area contributed by atoms with Gasteiger partial charge in [0.1, 0.15) is 5.82 Å². The number of carbonyl (C=O) groups excluding carboxylic acids is 1. The molecule has 1 aromatic heterocycles. The molecular formula is C24H26N4O3S2. The zero-order valence-electron chi connectivity index (χ0n) is 18.3. The van der Waals surface area contributed by atoms with Crippen molar-refractivity contribution >= 4 is 33.2 Å². The number of anilines is 1. The van der Waals surface area contributed by atoms with Gasteiger partial charge in [0.15, 0.2) is 15.0 Å². The highest BCUT2D eigenvalue weighted by Gasteiger charge is 2.33. The van der Waals surface area contributed by atoms with Crippen molar-refractivity contribution in [2.24, 2.45) is 0 Å². The van der Waals surface area contributed by atoms with Gasteiger partial charge < -0.3 is 9.88 Å². The number of hydrogen-bond donors (Lipinski definition) is 1. The molecule has 2 atom stereocenters. The molecule has 0 radical (unpaired) electrons. The van der Waals surface area contributed by atoms with Crippen LogP contribution in [0.2, 0.25) is 0 Å². The summed E-state index contributed by atoms with van der Waals surface area (Å²) in [5.74, 6) is 0.556. The molecule has 7 nitrogen and oxygen atoms in total. The van der Waals surface area contributed by atoms with Crippen molar-refractivity contribution in [2.75, 3.05) is 16.8 Å². The predicted octanol–water partition coefficient (Wildman–Crippen LogP) is 4.15. The smallest absolute Gasteiger partial charge is 0.237 e. The van der Waals surface area contributed by atoms with Crippen LogP contribution in [0.5, 0.6) is 0 Å². The number of aromatic nitrogens is 3. The Morgan fingerprint density at radius 1 is 1.21 bits per heavy atom. The molecule has 172 valence electrons. The summed E-state index contributed by atoms with van der Waals surface area (Å²) in [6.07, 6.45) is 2.26. The van der Waals surface area contributed by atoms with Crippen molar-refractivity contribution in [3.05, 3.63) is 73.1 Å². The second-order valence-corrected chi connectivity index (χ2v) is 11.5. The highest BCUT2D eigenvalue weighted by molar-refractivity contribution is 8.00. The zero-order chi connectivity index (χ0) is 23.4. The van der Waals surface area contributed by atoms with Crippen molar-refractivity contribution in [3.8, 4) is 11.1 Å². The van der Waals surface area contributed by atoms with Crippen molar-refractivity contribution in [1.82, 2.24) is 14.8 Å². The molecule has 1 N–H and O–H groups in total. The maximum absolute atomic E-state index is 13.0. The molecule has 0 spiro atoms. The Balaban J connectivity index is 1.51. The first-order chi connectivity index (χ1) is 15.9. The van der Waals surface area contributed by atoms with Gasteiger partial charge in [0, 0.05) is 23.7 Å². The van der Waals surface area contributed by atoms with Gasteiger partial charge in [0.2, 0.25) is 5.91 Å². The third-order valence-corrected chi connectivity index (χ3v) is 8.42. The normalized spacial score (nSPS) is 18.0. The fraction of sp³-hybridized carbons (Fsp3) is 0.292. The van der Waals surface area contributed by atoms with Gasteiger partial charge in [-0.25, -0.2) is 8.42 Å². The van der Waals surface area contributed by atoms with Crippen molar-refractivity contribution in [1.29, 1.82) is 0 Å². The summed E-state index contributed by atoms with van der Waals surface area (Å²) in [5.41, 5.74) is 2.71. The molecule has 3 aromatic rings. The standard InChI is InChI=1S/C24H26N4O3S2/c1-3-14-28-22(19-13-15-33(30,31)16-19)26-27-24(28)32-17(2)23(29)25-21-12-8-7-11-20(21)18-9-5-4-6-10-18/h3-12,17,19H,1,13-16H2,2H3,(H,25,29)/t17-,19+/m1/s1. The van der Waals surface area contributed by atoms with Crippen LogP contribution in [0, 0.1) is 0 Å².